The molecule has 2 aromatic rings. The molecule has 0 atom stereocenters. The number of carbonyl (C=O) groups is 1. The topological polar surface area (TPSA) is 82.4 Å². The van der Waals surface area contributed by atoms with Gasteiger partial charge in [0.2, 0.25) is 0 Å². The monoisotopic (exact) mass is 333 g/mol. The summed E-state index contributed by atoms with van der Waals surface area (Å²) >= 11 is 0. The number of amides is 1. The van der Waals surface area contributed by atoms with Gasteiger partial charge in [0.05, 0.1) is 30.8 Å². The highest BCUT2D eigenvalue weighted by Gasteiger charge is 2.17. The van der Waals surface area contributed by atoms with Crippen LogP contribution >= 0.6 is 0 Å². The maximum atomic E-state index is 12.4. The lowest BCUT2D eigenvalue weighted by Gasteiger charge is -2.19. The molecular weight excluding hydrogens is 310 g/mol. The van der Waals surface area contributed by atoms with Crippen LogP contribution in [0.3, 0.4) is 0 Å². The number of aromatic nitrogens is 2. The van der Waals surface area contributed by atoms with Gasteiger partial charge in [-0.05, 0) is 26.8 Å². The van der Waals surface area contributed by atoms with Gasteiger partial charge in [0.25, 0.3) is 5.56 Å². The van der Waals surface area contributed by atoms with Crippen LogP contribution in [0.25, 0.3) is 10.8 Å². The summed E-state index contributed by atoms with van der Waals surface area (Å²) < 4.78 is 11.6. The van der Waals surface area contributed by atoms with Crippen LogP contribution in [0, 0.1) is 0 Å². The standard InChI is InChI=1S/C17H23N3O4/c1-17(2,3)24-16(22)18-11-14-12-7-5-6-8-13(12)15(21)20(19-14)9-10-23-4/h5-8H,9-11H2,1-4H3,(H,18,22). The molecule has 1 aromatic heterocycles. The van der Waals surface area contributed by atoms with Crippen LogP contribution < -0.4 is 10.9 Å². The first kappa shape index (κ1) is 17.9. The third kappa shape index (κ3) is 4.55. The van der Waals surface area contributed by atoms with E-state index in [4.69, 9.17) is 9.47 Å². The minimum atomic E-state index is -0.573. The van der Waals surface area contributed by atoms with Crippen molar-refractivity contribution in [3.8, 4) is 0 Å². The van der Waals surface area contributed by atoms with E-state index in [0.29, 0.717) is 29.6 Å². The van der Waals surface area contributed by atoms with E-state index in [1.807, 2.05) is 12.1 Å². The summed E-state index contributed by atoms with van der Waals surface area (Å²) in [5.41, 5.74) is -0.146. The van der Waals surface area contributed by atoms with Crippen molar-refractivity contribution in [3.63, 3.8) is 0 Å². The number of rotatable bonds is 5. The summed E-state index contributed by atoms with van der Waals surface area (Å²) in [4.78, 5) is 24.3. The van der Waals surface area contributed by atoms with Gasteiger partial charge in [-0.2, -0.15) is 5.10 Å². The summed E-state index contributed by atoms with van der Waals surface area (Å²) in [5.74, 6) is 0. The predicted octanol–water partition coefficient (Wildman–Crippen LogP) is 2.07. The number of carbonyl (C=O) groups excluding carboxylic acids is 1. The predicted molar refractivity (Wildman–Crippen MR) is 91.0 cm³/mol. The van der Waals surface area contributed by atoms with Gasteiger partial charge in [-0.3, -0.25) is 4.79 Å². The molecule has 0 aliphatic heterocycles. The number of nitrogens with one attached hydrogen (secondary N) is 1. The molecular formula is C17H23N3O4. The van der Waals surface area contributed by atoms with E-state index in [2.05, 4.69) is 10.4 Å². The molecule has 0 saturated heterocycles. The highest BCUT2D eigenvalue weighted by atomic mass is 16.6. The molecule has 1 amide bonds. The van der Waals surface area contributed by atoms with Crippen molar-refractivity contribution < 1.29 is 14.3 Å². The minimum Gasteiger partial charge on any atom is -0.444 e. The number of ether oxygens (including phenoxy) is 2. The molecule has 0 fully saturated rings. The Hall–Kier alpha value is -2.41. The lowest BCUT2D eigenvalue weighted by molar-refractivity contribution is 0.0523. The Labute approximate surface area is 140 Å². The Kier molecular flexibility index (Phi) is 5.56. The maximum Gasteiger partial charge on any atom is 0.407 e. The molecule has 24 heavy (non-hydrogen) atoms. The maximum absolute atomic E-state index is 12.4. The van der Waals surface area contributed by atoms with Gasteiger partial charge >= 0.3 is 6.09 Å². The number of methoxy groups -OCH3 is 1. The van der Waals surface area contributed by atoms with Gasteiger partial charge in [-0.25, -0.2) is 9.48 Å². The quantitative estimate of drug-likeness (QED) is 0.906. The van der Waals surface area contributed by atoms with Crippen LogP contribution in [0.1, 0.15) is 26.5 Å². The number of benzene rings is 1. The SMILES string of the molecule is COCCn1nc(CNC(=O)OC(C)(C)C)c2ccccc2c1=O. The molecule has 1 heterocycles. The molecule has 0 aliphatic carbocycles. The number of fused-ring (bicyclic) bond motifs is 1. The molecule has 1 N–H and O–H groups in total. The molecule has 1 aromatic carbocycles. The van der Waals surface area contributed by atoms with Crippen LogP contribution in [0.4, 0.5) is 4.79 Å². The fraction of sp³-hybridized carbons (Fsp3) is 0.471. The van der Waals surface area contributed by atoms with Crippen molar-refractivity contribution in [1.29, 1.82) is 0 Å². The van der Waals surface area contributed by atoms with Crippen LogP contribution in [-0.2, 0) is 22.6 Å². The average molecular weight is 333 g/mol. The van der Waals surface area contributed by atoms with E-state index in [1.54, 1.807) is 40.0 Å². The third-order valence-electron chi connectivity index (χ3n) is 3.25. The van der Waals surface area contributed by atoms with Gasteiger partial charge in [0.1, 0.15) is 5.60 Å². The van der Waals surface area contributed by atoms with Gasteiger partial charge in [0.15, 0.2) is 0 Å². The zero-order valence-corrected chi connectivity index (χ0v) is 14.5. The van der Waals surface area contributed by atoms with Crippen molar-refractivity contribution in [1.82, 2.24) is 15.1 Å². The molecule has 0 radical (unpaired) electrons. The zero-order chi connectivity index (χ0) is 17.7. The average Bonchev–Trinajstić information content (AvgIpc) is 2.52. The summed E-state index contributed by atoms with van der Waals surface area (Å²) in [6.45, 7) is 6.29. The molecule has 0 saturated carbocycles. The van der Waals surface area contributed by atoms with Gasteiger partial charge in [-0.15, -0.1) is 0 Å². The first-order valence-corrected chi connectivity index (χ1v) is 7.76. The van der Waals surface area contributed by atoms with Crippen molar-refractivity contribution >= 4 is 16.9 Å². The van der Waals surface area contributed by atoms with Crippen molar-refractivity contribution in [3.05, 3.63) is 40.3 Å². The van der Waals surface area contributed by atoms with E-state index in [9.17, 15) is 9.59 Å². The molecule has 0 aliphatic rings. The first-order chi connectivity index (χ1) is 11.3. The largest absolute Gasteiger partial charge is 0.444 e. The lowest BCUT2D eigenvalue weighted by atomic mass is 10.1. The molecule has 2 rings (SSSR count). The van der Waals surface area contributed by atoms with Crippen LogP contribution in [-0.4, -0.2) is 35.2 Å². The summed E-state index contributed by atoms with van der Waals surface area (Å²) in [5, 5.41) is 8.32. The van der Waals surface area contributed by atoms with Crippen LogP contribution in [0.5, 0.6) is 0 Å². The number of nitrogens with zero attached hydrogens (tertiary/aromatic N) is 2. The van der Waals surface area contributed by atoms with Crippen LogP contribution in [0.2, 0.25) is 0 Å². The number of hydrogen-bond donors (Lipinski definition) is 1. The lowest BCUT2D eigenvalue weighted by Crippen LogP contribution is -2.33. The highest BCUT2D eigenvalue weighted by molar-refractivity contribution is 5.83. The molecule has 7 heteroatoms. The third-order valence-corrected chi connectivity index (χ3v) is 3.25. The molecule has 0 spiro atoms. The fourth-order valence-corrected chi connectivity index (χ4v) is 2.24. The Morgan fingerprint density at radius 3 is 2.54 bits per heavy atom. The second-order valence-corrected chi connectivity index (χ2v) is 6.37. The summed E-state index contributed by atoms with van der Waals surface area (Å²) in [7, 11) is 1.57. The normalized spacial score (nSPS) is 11.5. The zero-order valence-electron chi connectivity index (χ0n) is 14.5. The van der Waals surface area contributed by atoms with Crippen molar-refractivity contribution in [2.24, 2.45) is 0 Å². The Bertz CT molecular complexity index is 777. The first-order valence-electron chi connectivity index (χ1n) is 7.76. The van der Waals surface area contributed by atoms with Gasteiger partial charge < -0.3 is 14.8 Å². The second kappa shape index (κ2) is 7.44. The van der Waals surface area contributed by atoms with Crippen molar-refractivity contribution in [2.75, 3.05) is 13.7 Å². The Morgan fingerprint density at radius 1 is 1.25 bits per heavy atom. The molecule has 0 unspecified atom stereocenters. The molecule has 0 bridgehead atoms. The second-order valence-electron chi connectivity index (χ2n) is 6.37. The number of alkyl carbamates (subject to hydrolysis) is 1. The summed E-state index contributed by atoms with van der Waals surface area (Å²) in [6.07, 6.45) is -0.525. The fourth-order valence-electron chi connectivity index (χ4n) is 2.24. The van der Waals surface area contributed by atoms with E-state index >= 15 is 0 Å². The Balaban J connectivity index is 2.29. The van der Waals surface area contributed by atoms with E-state index < -0.39 is 11.7 Å². The van der Waals surface area contributed by atoms with E-state index in [1.165, 1.54) is 4.68 Å². The number of hydrogen-bond acceptors (Lipinski definition) is 5. The molecule has 7 nitrogen and oxygen atoms in total. The van der Waals surface area contributed by atoms with E-state index in [-0.39, 0.29) is 12.1 Å². The van der Waals surface area contributed by atoms with Crippen LogP contribution in [0.15, 0.2) is 29.1 Å². The Morgan fingerprint density at radius 2 is 1.92 bits per heavy atom. The molecule has 130 valence electrons. The smallest absolute Gasteiger partial charge is 0.407 e. The van der Waals surface area contributed by atoms with Crippen molar-refractivity contribution in [2.45, 2.75) is 39.5 Å². The summed E-state index contributed by atoms with van der Waals surface area (Å²) in [6, 6.07) is 7.20. The van der Waals surface area contributed by atoms with E-state index in [0.717, 1.165) is 0 Å². The highest BCUT2D eigenvalue weighted by Crippen LogP contribution is 2.13. The van der Waals surface area contributed by atoms with Gasteiger partial charge in [0, 0.05) is 12.5 Å². The van der Waals surface area contributed by atoms with Gasteiger partial charge in [-0.1, -0.05) is 18.2 Å². The minimum absolute atomic E-state index is 0.169.